The van der Waals surface area contributed by atoms with Gasteiger partial charge in [-0.25, -0.2) is 4.79 Å². The van der Waals surface area contributed by atoms with Crippen LogP contribution in [0.25, 0.3) is 0 Å². The number of carbonyl (C=O) groups excluding carboxylic acids is 2. The summed E-state index contributed by atoms with van der Waals surface area (Å²) in [6.45, 7) is 1.81. The van der Waals surface area contributed by atoms with Crippen molar-refractivity contribution in [2.75, 3.05) is 23.9 Å². The maximum atomic E-state index is 13.9. The number of carbonyl (C=O) groups is 2. The number of nitrogens with one attached hydrogen (secondary N) is 1. The largest absolute Gasteiger partial charge is 0.504 e. The number of phenolic OH excluding ortho intramolecular Hbond substituents is 1. The van der Waals surface area contributed by atoms with Crippen LogP contribution in [0.2, 0.25) is 10.0 Å². The minimum Gasteiger partial charge on any atom is -0.504 e. The molecule has 0 aromatic heterocycles. The summed E-state index contributed by atoms with van der Waals surface area (Å²) in [5.41, 5.74) is 1.75. The van der Waals surface area contributed by atoms with Gasteiger partial charge in [0.25, 0.3) is 5.91 Å². The van der Waals surface area contributed by atoms with Crippen molar-refractivity contribution >= 4 is 46.5 Å². The Labute approximate surface area is 212 Å². The molecule has 0 fully saturated rings. The fourth-order valence-electron chi connectivity index (χ4n) is 3.91. The summed E-state index contributed by atoms with van der Waals surface area (Å²) in [5, 5.41) is 14.2. The molecule has 0 radical (unpaired) electrons. The van der Waals surface area contributed by atoms with Crippen LogP contribution >= 0.6 is 23.2 Å². The van der Waals surface area contributed by atoms with E-state index in [4.69, 9.17) is 32.7 Å². The molecule has 3 aromatic carbocycles. The summed E-state index contributed by atoms with van der Waals surface area (Å²) in [7, 11) is 1.42. The van der Waals surface area contributed by atoms with Crippen LogP contribution in [0.15, 0.2) is 78.0 Å². The first-order valence-electron chi connectivity index (χ1n) is 10.7. The molecule has 4 rings (SSSR count). The molecule has 0 saturated heterocycles. The van der Waals surface area contributed by atoms with E-state index < -0.39 is 17.9 Å². The number of phenols is 1. The van der Waals surface area contributed by atoms with Crippen molar-refractivity contribution in [1.29, 1.82) is 0 Å². The van der Waals surface area contributed by atoms with Crippen LogP contribution in [0.4, 0.5) is 11.4 Å². The van der Waals surface area contributed by atoms with Gasteiger partial charge in [-0.05, 0) is 67.1 Å². The van der Waals surface area contributed by atoms with Crippen molar-refractivity contribution in [2.45, 2.75) is 13.0 Å². The summed E-state index contributed by atoms with van der Waals surface area (Å²) >= 11 is 12.2. The van der Waals surface area contributed by atoms with E-state index in [9.17, 15) is 14.7 Å². The highest BCUT2D eigenvalue weighted by molar-refractivity contribution is 6.31. The maximum absolute atomic E-state index is 13.9. The molecule has 1 aliphatic heterocycles. The average molecular weight is 513 g/mol. The Kier molecular flexibility index (Phi) is 7.19. The molecule has 1 aliphatic rings. The van der Waals surface area contributed by atoms with Crippen LogP contribution in [-0.2, 0) is 14.3 Å². The molecule has 1 unspecified atom stereocenters. The van der Waals surface area contributed by atoms with Crippen molar-refractivity contribution in [3.63, 3.8) is 0 Å². The van der Waals surface area contributed by atoms with Gasteiger partial charge in [-0.15, -0.1) is 0 Å². The molecule has 1 amide bonds. The van der Waals surface area contributed by atoms with Gasteiger partial charge in [0.2, 0.25) is 0 Å². The lowest BCUT2D eigenvalue weighted by atomic mass is 9.98. The third-order valence-electron chi connectivity index (χ3n) is 5.45. The van der Waals surface area contributed by atoms with Crippen molar-refractivity contribution in [2.24, 2.45) is 0 Å². The third-order valence-corrected chi connectivity index (χ3v) is 5.94. The van der Waals surface area contributed by atoms with E-state index >= 15 is 0 Å². The topological polar surface area (TPSA) is 88.1 Å². The number of ether oxygens (including phenoxy) is 2. The van der Waals surface area contributed by atoms with E-state index in [0.717, 1.165) is 0 Å². The third kappa shape index (κ3) is 4.92. The summed E-state index contributed by atoms with van der Waals surface area (Å²) in [5.74, 6) is -0.986. The predicted octanol–water partition coefficient (Wildman–Crippen LogP) is 5.72. The molecule has 7 nitrogen and oxygen atoms in total. The van der Waals surface area contributed by atoms with Crippen molar-refractivity contribution in [3.05, 3.63) is 93.6 Å². The van der Waals surface area contributed by atoms with E-state index in [0.29, 0.717) is 27.0 Å². The van der Waals surface area contributed by atoms with Crippen molar-refractivity contribution in [1.82, 2.24) is 0 Å². The lowest BCUT2D eigenvalue weighted by Crippen LogP contribution is -2.31. The number of aromatic hydroxyl groups is 1. The molecule has 0 spiro atoms. The summed E-state index contributed by atoms with van der Waals surface area (Å²) in [6.07, 6.45) is 0. The molecule has 3 aromatic rings. The average Bonchev–Trinajstić information content (AvgIpc) is 3.13. The first kappa shape index (κ1) is 24.4. The highest BCUT2D eigenvalue weighted by Gasteiger charge is 2.45. The van der Waals surface area contributed by atoms with Crippen LogP contribution in [0.1, 0.15) is 18.5 Å². The second-order valence-corrected chi connectivity index (χ2v) is 8.50. The lowest BCUT2D eigenvalue weighted by Gasteiger charge is -2.27. The van der Waals surface area contributed by atoms with Crippen molar-refractivity contribution < 1.29 is 24.2 Å². The summed E-state index contributed by atoms with van der Waals surface area (Å²) in [4.78, 5) is 28.6. The number of hydrogen-bond donors (Lipinski definition) is 2. The Morgan fingerprint density at radius 2 is 1.80 bits per heavy atom. The van der Waals surface area contributed by atoms with E-state index in [1.165, 1.54) is 18.1 Å². The van der Waals surface area contributed by atoms with Gasteiger partial charge in [0.05, 0.1) is 25.3 Å². The molecular weight excluding hydrogens is 491 g/mol. The van der Waals surface area contributed by atoms with Gasteiger partial charge in [0.15, 0.2) is 11.5 Å². The van der Waals surface area contributed by atoms with Gasteiger partial charge < -0.3 is 19.9 Å². The Bertz CT molecular complexity index is 1310. The van der Waals surface area contributed by atoms with Crippen LogP contribution in [-0.4, -0.2) is 30.7 Å². The molecular formula is C26H22Cl2N2O5. The van der Waals surface area contributed by atoms with Gasteiger partial charge in [-0.3, -0.25) is 9.69 Å². The molecule has 35 heavy (non-hydrogen) atoms. The zero-order valence-corrected chi connectivity index (χ0v) is 20.4. The molecule has 0 saturated carbocycles. The highest BCUT2D eigenvalue weighted by Crippen LogP contribution is 2.44. The number of nitrogens with zero attached hydrogens (tertiary/aromatic N) is 1. The van der Waals surface area contributed by atoms with E-state index in [2.05, 4.69) is 5.32 Å². The smallest absolute Gasteiger partial charge is 0.338 e. The van der Waals surface area contributed by atoms with Crippen LogP contribution in [0, 0.1) is 0 Å². The number of esters is 1. The van der Waals surface area contributed by atoms with Gasteiger partial charge in [0, 0.05) is 21.4 Å². The fourth-order valence-corrected chi connectivity index (χ4v) is 4.22. The number of amides is 1. The standard InChI is InChI=1S/C26H22Cl2N2O5/c1-3-35-26(33)22-23(29-18-10-8-16(27)9-11-18)25(32)30(19-6-4-5-17(28)14-19)24(22)15-7-12-20(31)21(13-15)34-2/h4-14,24,29,31H,3H2,1-2H3. The minimum absolute atomic E-state index is 0.0581. The SMILES string of the molecule is CCOC(=O)C1=C(Nc2ccc(Cl)cc2)C(=O)N(c2cccc(Cl)c2)C1c1ccc(O)c(OC)c1. The van der Waals surface area contributed by atoms with Crippen molar-refractivity contribution in [3.8, 4) is 11.5 Å². The highest BCUT2D eigenvalue weighted by atomic mass is 35.5. The molecule has 1 heterocycles. The zero-order chi connectivity index (χ0) is 25.1. The van der Waals surface area contributed by atoms with Crippen LogP contribution in [0.3, 0.4) is 0 Å². The Morgan fingerprint density at radius 1 is 1.06 bits per heavy atom. The monoisotopic (exact) mass is 512 g/mol. The number of rotatable bonds is 7. The predicted molar refractivity (Wildman–Crippen MR) is 135 cm³/mol. The lowest BCUT2D eigenvalue weighted by molar-refractivity contribution is -0.138. The quantitative estimate of drug-likeness (QED) is 0.393. The minimum atomic E-state index is -0.885. The Hall–Kier alpha value is -3.68. The Morgan fingerprint density at radius 3 is 2.46 bits per heavy atom. The second kappa shape index (κ2) is 10.3. The van der Waals surface area contributed by atoms with Gasteiger partial charge in [0.1, 0.15) is 5.70 Å². The molecule has 180 valence electrons. The molecule has 2 N–H and O–H groups in total. The number of anilines is 2. The fraction of sp³-hybridized carbons (Fsp3) is 0.154. The first-order chi connectivity index (χ1) is 16.8. The van der Waals surface area contributed by atoms with Gasteiger partial charge in [-0.2, -0.15) is 0 Å². The Balaban J connectivity index is 1.93. The normalized spacial score (nSPS) is 15.4. The molecule has 0 bridgehead atoms. The van der Waals surface area contributed by atoms with E-state index in [-0.39, 0.29) is 29.4 Å². The first-order valence-corrected chi connectivity index (χ1v) is 11.5. The number of benzene rings is 3. The molecule has 0 aliphatic carbocycles. The number of hydrogen-bond acceptors (Lipinski definition) is 6. The molecule has 1 atom stereocenters. The summed E-state index contributed by atoms with van der Waals surface area (Å²) in [6, 6.07) is 17.3. The van der Waals surface area contributed by atoms with Crippen LogP contribution < -0.4 is 15.0 Å². The van der Waals surface area contributed by atoms with Crippen LogP contribution in [0.5, 0.6) is 11.5 Å². The second-order valence-electron chi connectivity index (χ2n) is 7.63. The zero-order valence-electron chi connectivity index (χ0n) is 18.9. The van der Waals surface area contributed by atoms with E-state index in [1.807, 2.05) is 0 Å². The van der Waals surface area contributed by atoms with Gasteiger partial charge >= 0.3 is 5.97 Å². The number of halogens is 2. The van der Waals surface area contributed by atoms with Gasteiger partial charge in [-0.1, -0.05) is 35.3 Å². The van der Waals surface area contributed by atoms with E-state index in [1.54, 1.807) is 67.6 Å². The maximum Gasteiger partial charge on any atom is 0.338 e. The molecule has 9 heteroatoms. The number of methoxy groups -OCH3 is 1. The summed E-state index contributed by atoms with van der Waals surface area (Å²) < 4.78 is 10.6.